The zero-order valence-electron chi connectivity index (χ0n) is 10.5. The van der Waals surface area contributed by atoms with Crippen LogP contribution in [0.4, 0.5) is 0 Å². The molecule has 3 heteroatoms. The topological polar surface area (TPSA) is 29.3 Å². The van der Waals surface area contributed by atoms with E-state index >= 15 is 0 Å². The summed E-state index contributed by atoms with van der Waals surface area (Å²) in [5.74, 6) is 1.79. The highest BCUT2D eigenvalue weighted by Gasteiger charge is 2.33. The van der Waals surface area contributed by atoms with E-state index in [2.05, 4.69) is 24.9 Å². The van der Waals surface area contributed by atoms with E-state index in [0.29, 0.717) is 4.99 Å². The van der Waals surface area contributed by atoms with E-state index in [1.165, 1.54) is 18.5 Å². The molecule has 2 unspecified atom stereocenters. The first-order chi connectivity index (χ1) is 8.08. The first-order valence-corrected chi connectivity index (χ1v) is 6.55. The maximum Gasteiger partial charge on any atom is 0.104 e. The van der Waals surface area contributed by atoms with Crippen molar-refractivity contribution < 1.29 is 0 Å². The van der Waals surface area contributed by atoms with E-state index in [1.54, 1.807) is 0 Å². The molecule has 1 fully saturated rings. The van der Waals surface area contributed by atoms with Crippen LogP contribution in [0, 0.1) is 11.8 Å². The predicted molar refractivity (Wildman–Crippen MR) is 75.9 cm³/mol. The Labute approximate surface area is 109 Å². The molecule has 1 saturated carbocycles. The predicted octanol–water partition coefficient (Wildman–Crippen LogP) is 2.41. The number of hydrogen-bond donors (Lipinski definition) is 1. The van der Waals surface area contributed by atoms with Gasteiger partial charge >= 0.3 is 0 Å². The van der Waals surface area contributed by atoms with Crippen molar-refractivity contribution >= 4 is 17.2 Å². The van der Waals surface area contributed by atoms with Gasteiger partial charge in [0.15, 0.2) is 0 Å². The summed E-state index contributed by atoms with van der Waals surface area (Å²) < 4.78 is 0. The van der Waals surface area contributed by atoms with Crippen LogP contribution in [0.15, 0.2) is 24.3 Å². The highest BCUT2D eigenvalue weighted by Crippen LogP contribution is 2.38. The largest absolute Gasteiger partial charge is 0.389 e. The number of nitrogens with zero attached hydrogens (tertiary/aromatic N) is 1. The molecule has 0 radical (unpaired) electrons. The van der Waals surface area contributed by atoms with E-state index < -0.39 is 0 Å². The molecule has 0 saturated heterocycles. The molecule has 2 atom stereocenters. The molecule has 0 aromatic heterocycles. The minimum atomic E-state index is 0.494. The van der Waals surface area contributed by atoms with E-state index in [-0.39, 0.29) is 0 Å². The molecule has 17 heavy (non-hydrogen) atoms. The van der Waals surface area contributed by atoms with E-state index in [9.17, 15) is 0 Å². The first-order valence-electron chi connectivity index (χ1n) is 6.14. The summed E-state index contributed by atoms with van der Waals surface area (Å²) in [5, 5.41) is 0. The molecule has 2 N–H and O–H groups in total. The Balaban J connectivity index is 1.99. The van der Waals surface area contributed by atoms with Gasteiger partial charge in [-0.3, -0.25) is 0 Å². The molecular weight excluding hydrogens is 228 g/mol. The fourth-order valence-electron chi connectivity index (χ4n) is 2.31. The fourth-order valence-corrected chi connectivity index (χ4v) is 2.51. The summed E-state index contributed by atoms with van der Waals surface area (Å²) in [6.07, 6.45) is 1.38. The quantitative estimate of drug-likeness (QED) is 0.811. The Bertz CT molecular complexity index is 416. The highest BCUT2D eigenvalue weighted by atomic mass is 32.1. The molecule has 1 aliphatic carbocycles. The van der Waals surface area contributed by atoms with Gasteiger partial charge in [0.1, 0.15) is 4.99 Å². The van der Waals surface area contributed by atoms with E-state index in [0.717, 1.165) is 23.9 Å². The van der Waals surface area contributed by atoms with Gasteiger partial charge in [-0.2, -0.15) is 0 Å². The van der Waals surface area contributed by atoms with Crippen LogP contribution in [0.5, 0.6) is 0 Å². The third-order valence-corrected chi connectivity index (χ3v) is 3.77. The monoisotopic (exact) mass is 248 g/mol. The fraction of sp³-hybridized carbons (Fsp3) is 0.500. The molecular formula is C14H20N2S. The van der Waals surface area contributed by atoms with Crippen molar-refractivity contribution in [2.24, 2.45) is 17.6 Å². The summed E-state index contributed by atoms with van der Waals surface area (Å²) in [6.45, 7) is 4.42. The minimum Gasteiger partial charge on any atom is -0.389 e. The summed E-state index contributed by atoms with van der Waals surface area (Å²) in [4.78, 5) is 2.86. The second-order valence-electron chi connectivity index (χ2n) is 5.19. The zero-order valence-corrected chi connectivity index (χ0v) is 11.3. The van der Waals surface area contributed by atoms with Gasteiger partial charge in [-0.25, -0.2) is 0 Å². The zero-order chi connectivity index (χ0) is 12.4. The van der Waals surface area contributed by atoms with E-state index in [1.807, 2.05) is 18.2 Å². The van der Waals surface area contributed by atoms with Crippen LogP contribution in [-0.4, -0.2) is 23.5 Å². The van der Waals surface area contributed by atoms with Crippen molar-refractivity contribution in [3.63, 3.8) is 0 Å². The Hall–Kier alpha value is -0.930. The lowest BCUT2D eigenvalue weighted by Gasteiger charge is -2.18. The van der Waals surface area contributed by atoms with Gasteiger partial charge in [-0.1, -0.05) is 43.4 Å². The SMILES string of the molecule is CC1CC1CN(C)Cc1ccccc1C(N)=S. The second-order valence-corrected chi connectivity index (χ2v) is 5.63. The number of hydrogen-bond acceptors (Lipinski definition) is 2. The van der Waals surface area contributed by atoms with Crippen LogP contribution >= 0.6 is 12.2 Å². The van der Waals surface area contributed by atoms with Crippen molar-refractivity contribution in [1.29, 1.82) is 0 Å². The number of rotatable bonds is 5. The van der Waals surface area contributed by atoms with Crippen molar-refractivity contribution in [3.05, 3.63) is 35.4 Å². The van der Waals surface area contributed by atoms with Crippen LogP contribution in [0.3, 0.4) is 0 Å². The molecule has 2 rings (SSSR count). The van der Waals surface area contributed by atoms with Gasteiger partial charge in [-0.15, -0.1) is 0 Å². The third kappa shape index (κ3) is 3.27. The second kappa shape index (κ2) is 5.15. The van der Waals surface area contributed by atoms with Gasteiger partial charge in [0.05, 0.1) is 0 Å². The summed E-state index contributed by atoms with van der Waals surface area (Å²) in [6, 6.07) is 8.15. The van der Waals surface area contributed by atoms with Crippen LogP contribution in [-0.2, 0) is 6.54 Å². The van der Waals surface area contributed by atoms with Crippen LogP contribution in [0.25, 0.3) is 0 Å². The minimum absolute atomic E-state index is 0.494. The van der Waals surface area contributed by atoms with Crippen LogP contribution in [0.2, 0.25) is 0 Å². The average Bonchev–Trinajstić information content (AvgIpc) is 2.94. The number of benzene rings is 1. The molecule has 0 amide bonds. The Morgan fingerprint density at radius 1 is 1.47 bits per heavy atom. The molecule has 2 nitrogen and oxygen atoms in total. The lowest BCUT2D eigenvalue weighted by molar-refractivity contribution is 0.307. The van der Waals surface area contributed by atoms with Crippen molar-refractivity contribution in [2.75, 3.05) is 13.6 Å². The van der Waals surface area contributed by atoms with Crippen LogP contribution in [0.1, 0.15) is 24.5 Å². The number of thiocarbonyl (C=S) groups is 1. The summed E-state index contributed by atoms with van der Waals surface area (Å²) in [5.41, 5.74) is 7.98. The van der Waals surface area contributed by atoms with Crippen molar-refractivity contribution in [1.82, 2.24) is 4.90 Å². The smallest absolute Gasteiger partial charge is 0.104 e. The van der Waals surface area contributed by atoms with Gasteiger partial charge < -0.3 is 10.6 Å². The van der Waals surface area contributed by atoms with Crippen molar-refractivity contribution in [2.45, 2.75) is 19.9 Å². The highest BCUT2D eigenvalue weighted by molar-refractivity contribution is 7.80. The molecule has 1 aromatic rings. The molecule has 92 valence electrons. The van der Waals surface area contributed by atoms with Gasteiger partial charge in [0, 0.05) is 18.7 Å². The van der Waals surface area contributed by atoms with Crippen molar-refractivity contribution in [3.8, 4) is 0 Å². The molecule has 1 aromatic carbocycles. The third-order valence-electron chi connectivity index (χ3n) is 3.55. The first kappa shape index (κ1) is 12.5. The molecule has 0 bridgehead atoms. The Kier molecular flexibility index (Phi) is 3.79. The number of nitrogens with two attached hydrogens (primary N) is 1. The standard InChI is InChI=1S/C14H20N2S/c1-10-7-12(10)9-16(2)8-11-5-3-4-6-13(11)14(15)17/h3-6,10,12H,7-9H2,1-2H3,(H2,15,17). The lowest BCUT2D eigenvalue weighted by Crippen LogP contribution is -2.23. The van der Waals surface area contributed by atoms with Crippen LogP contribution < -0.4 is 5.73 Å². The average molecular weight is 248 g/mol. The summed E-state index contributed by atoms with van der Waals surface area (Å²) >= 11 is 5.08. The normalized spacial score (nSPS) is 22.8. The Morgan fingerprint density at radius 2 is 2.12 bits per heavy atom. The maximum atomic E-state index is 5.74. The van der Waals surface area contributed by atoms with Gasteiger partial charge in [-0.05, 0) is 30.9 Å². The molecule has 1 aliphatic rings. The lowest BCUT2D eigenvalue weighted by atomic mass is 10.1. The molecule has 0 heterocycles. The molecule has 0 aliphatic heterocycles. The van der Waals surface area contributed by atoms with Gasteiger partial charge in [0.25, 0.3) is 0 Å². The maximum absolute atomic E-state index is 5.74. The molecule has 0 spiro atoms. The summed E-state index contributed by atoms with van der Waals surface area (Å²) in [7, 11) is 2.17. The van der Waals surface area contributed by atoms with E-state index in [4.69, 9.17) is 18.0 Å². The van der Waals surface area contributed by atoms with Gasteiger partial charge in [0.2, 0.25) is 0 Å². The Morgan fingerprint density at radius 3 is 2.71 bits per heavy atom.